The van der Waals surface area contributed by atoms with Crippen molar-refractivity contribution in [3.63, 3.8) is 0 Å². The van der Waals surface area contributed by atoms with E-state index in [1.165, 1.54) is 11.3 Å². The first-order valence-corrected chi connectivity index (χ1v) is 12.8. The van der Waals surface area contributed by atoms with Crippen molar-refractivity contribution < 1.29 is 18.7 Å². The molecule has 2 aromatic carbocycles. The van der Waals surface area contributed by atoms with Crippen LogP contribution in [0.3, 0.4) is 0 Å². The van der Waals surface area contributed by atoms with Gasteiger partial charge in [0.05, 0.1) is 35.6 Å². The number of aromatic nitrogens is 1. The molecule has 0 fully saturated rings. The average Bonchev–Trinajstić information content (AvgIpc) is 3.45. The molecule has 0 saturated carbocycles. The van der Waals surface area contributed by atoms with Crippen LogP contribution in [0.1, 0.15) is 29.9 Å². The minimum absolute atomic E-state index is 0.188. The molecule has 0 amide bonds. The summed E-state index contributed by atoms with van der Waals surface area (Å²) in [6.45, 7) is 1.94. The summed E-state index contributed by atoms with van der Waals surface area (Å²) in [6, 6.07) is 19.5. The monoisotopic (exact) mass is 564 g/mol. The molecule has 1 aliphatic heterocycles. The molecular formula is C27H21BrN2O5S. The number of methoxy groups -OCH3 is 1. The van der Waals surface area contributed by atoms with Crippen molar-refractivity contribution in [1.29, 1.82) is 0 Å². The van der Waals surface area contributed by atoms with Gasteiger partial charge in [-0.25, -0.2) is 9.79 Å². The van der Waals surface area contributed by atoms with Gasteiger partial charge in [0, 0.05) is 11.6 Å². The third-order valence-corrected chi connectivity index (χ3v) is 7.06. The number of carbonyl (C=O) groups excluding carboxylic acids is 1. The quantitative estimate of drug-likeness (QED) is 0.326. The molecule has 182 valence electrons. The number of ether oxygens (including phenoxy) is 2. The van der Waals surface area contributed by atoms with E-state index < -0.39 is 12.0 Å². The maximum absolute atomic E-state index is 13.8. The zero-order valence-electron chi connectivity index (χ0n) is 19.4. The minimum Gasteiger partial charge on any atom is -0.497 e. The zero-order valence-corrected chi connectivity index (χ0v) is 21.8. The summed E-state index contributed by atoms with van der Waals surface area (Å²) >= 11 is 4.53. The van der Waals surface area contributed by atoms with Crippen LogP contribution in [0.5, 0.6) is 5.75 Å². The van der Waals surface area contributed by atoms with Crippen molar-refractivity contribution in [3.8, 4) is 5.75 Å². The van der Waals surface area contributed by atoms with Crippen molar-refractivity contribution >= 4 is 45.0 Å². The van der Waals surface area contributed by atoms with E-state index in [0.29, 0.717) is 36.8 Å². The topological polar surface area (TPSA) is 83.0 Å². The maximum atomic E-state index is 13.8. The number of esters is 1. The fraction of sp³-hybridized carbons (Fsp3) is 0.148. The van der Waals surface area contributed by atoms with Gasteiger partial charge in [0.15, 0.2) is 9.47 Å². The van der Waals surface area contributed by atoms with Crippen molar-refractivity contribution in [3.05, 3.63) is 114 Å². The molecule has 7 nitrogen and oxygen atoms in total. The van der Waals surface area contributed by atoms with E-state index in [1.54, 1.807) is 36.8 Å². The third kappa shape index (κ3) is 4.47. The van der Waals surface area contributed by atoms with Crippen molar-refractivity contribution in [2.75, 3.05) is 13.7 Å². The fourth-order valence-electron chi connectivity index (χ4n) is 4.10. The molecule has 5 rings (SSSR count). The van der Waals surface area contributed by atoms with Crippen LogP contribution in [-0.2, 0) is 9.53 Å². The first-order valence-electron chi connectivity index (χ1n) is 11.2. The average molecular weight is 565 g/mol. The normalized spacial score (nSPS) is 15.4. The number of nitrogens with zero attached hydrogens (tertiary/aromatic N) is 2. The maximum Gasteiger partial charge on any atom is 0.338 e. The Morgan fingerprint density at radius 1 is 1.17 bits per heavy atom. The predicted octanol–water partition coefficient (Wildman–Crippen LogP) is 4.30. The summed E-state index contributed by atoms with van der Waals surface area (Å²) in [5.41, 5.74) is 1.93. The Hall–Kier alpha value is -3.69. The van der Waals surface area contributed by atoms with E-state index in [2.05, 4.69) is 15.9 Å². The Bertz CT molecular complexity index is 1650. The number of halogens is 1. The second-order valence-corrected chi connectivity index (χ2v) is 9.64. The zero-order chi connectivity index (χ0) is 25.2. The van der Waals surface area contributed by atoms with Gasteiger partial charge >= 0.3 is 5.97 Å². The van der Waals surface area contributed by atoms with Gasteiger partial charge in [0.25, 0.3) is 5.56 Å². The van der Waals surface area contributed by atoms with Crippen LogP contribution in [-0.4, -0.2) is 24.3 Å². The molecule has 9 heteroatoms. The van der Waals surface area contributed by atoms with E-state index in [4.69, 9.17) is 18.9 Å². The molecule has 1 unspecified atom stereocenters. The molecule has 3 heterocycles. The number of thiazole rings is 1. The Morgan fingerprint density at radius 2 is 1.97 bits per heavy atom. The number of rotatable bonds is 6. The fourth-order valence-corrected chi connectivity index (χ4v) is 5.40. The molecule has 2 aromatic heterocycles. The summed E-state index contributed by atoms with van der Waals surface area (Å²) in [7, 11) is 1.57. The molecule has 1 atom stereocenters. The van der Waals surface area contributed by atoms with Crippen LogP contribution >= 0.6 is 27.3 Å². The number of benzene rings is 2. The molecule has 36 heavy (non-hydrogen) atoms. The van der Waals surface area contributed by atoms with E-state index in [-0.39, 0.29) is 17.7 Å². The number of fused-ring (bicyclic) bond motifs is 1. The van der Waals surface area contributed by atoms with Gasteiger partial charge in [-0.3, -0.25) is 9.36 Å². The van der Waals surface area contributed by atoms with Crippen molar-refractivity contribution in [2.24, 2.45) is 4.99 Å². The molecule has 0 bridgehead atoms. The van der Waals surface area contributed by atoms with Gasteiger partial charge in [0.2, 0.25) is 0 Å². The first kappa shape index (κ1) is 24.0. The van der Waals surface area contributed by atoms with Gasteiger partial charge in [-0.1, -0.05) is 53.8 Å². The summed E-state index contributed by atoms with van der Waals surface area (Å²) in [5.74, 6) is 0.603. The van der Waals surface area contributed by atoms with Crippen LogP contribution < -0.4 is 19.6 Å². The summed E-state index contributed by atoms with van der Waals surface area (Å²) in [6.07, 6.45) is 1.67. The predicted molar refractivity (Wildman–Crippen MR) is 140 cm³/mol. The Balaban J connectivity index is 1.84. The lowest BCUT2D eigenvalue weighted by molar-refractivity contribution is -0.138. The SMILES string of the molecule is CCOC(=O)C1=C(c2ccccc2)N=c2s/c(=C\c3ccc(Br)o3)c(=O)n2C1c1cccc(OC)c1. The number of furan rings is 1. The molecule has 4 aromatic rings. The van der Waals surface area contributed by atoms with Crippen LogP contribution in [0.15, 0.2) is 91.2 Å². The highest BCUT2D eigenvalue weighted by atomic mass is 79.9. The lowest BCUT2D eigenvalue weighted by Crippen LogP contribution is -2.40. The second-order valence-electron chi connectivity index (χ2n) is 7.85. The van der Waals surface area contributed by atoms with Gasteiger partial charge < -0.3 is 13.9 Å². The number of hydrogen-bond acceptors (Lipinski definition) is 7. The third-order valence-electron chi connectivity index (χ3n) is 5.65. The summed E-state index contributed by atoms with van der Waals surface area (Å²) in [5, 5.41) is 0. The van der Waals surface area contributed by atoms with Gasteiger partial charge in [-0.15, -0.1) is 0 Å². The highest BCUT2D eigenvalue weighted by Crippen LogP contribution is 2.36. The second kappa shape index (κ2) is 10.1. The van der Waals surface area contributed by atoms with E-state index in [9.17, 15) is 9.59 Å². The highest BCUT2D eigenvalue weighted by molar-refractivity contribution is 9.10. The van der Waals surface area contributed by atoms with Crippen LogP contribution in [0.25, 0.3) is 11.8 Å². The molecule has 0 spiro atoms. The smallest absolute Gasteiger partial charge is 0.338 e. The molecule has 0 radical (unpaired) electrons. The van der Waals surface area contributed by atoms with E-state index in [1.807, 2.05) is 54.6 Å². The summed E-state index contributed by atoms with van der Waals surface area (Å²) < 4.78 is 19.0. The van der Waals surface area contributed by atoms with Crippen molar-refractivity contribution in [2.45, 2.75) is 13.0 Å². The Morgan fingerprint density at radius 3 is 2.67 bits per heavy atom. The van der Waals surface area contributed by atoms with Crippen molar-refractivity contribution in [1.82, 2.24) is 4.57 Å². The first-order chi connectivity index (χ1) is 17.5. The molecule has 0 saturated heterocycles. The highest BCUT2D eigenvalue weighted by Gasteiger charge is 2.35. The lowest BCUT2D eigenvalue weighted by Gasteiger charge is -2.26. The number of hydrogen-bond donors (Lipinski definition) is 0. The molecule has 0 aliphatic carbocycles. The molecule has 1 aliphatic rings. The lowest BCUT2D eigenvalue weighted by atomic mass is 9.93. The van der Waals surface area contributed by atoms with Gasteiger partial charge in [-0.05, 0) is 52.7 Å². The Labute approximate surface area is 218 Å². The van der Waals surface area contributed by atoms with Gasteiger partial charge in [0.1, 0.15) is 11.5 Å². The molecule has 0 N–H and O–H groups in total. The van der Waals surface area contributed by atoms with E-state index in [0.717, 1.165) is 5.56 Å². The van der Waals surface area contributed by atoms with Gasteiger partial charge in [-0.2, -0.15) is 0 Å². The Kier molecular flexibility index (Phi) is 6.75. The molecular weight excluding hydrogens is 544 g/mol. The minimum atomic E-state index is -0.768. The van der Waals surface area contributed by atoms with Crippen LogP contribution in [0.2, 0.25) is 0 Å². The standard InChI is InChI=1S/C27H21BrN2O5S/c1-3-34-26(32)22-23(16-8-5-4-6-9-16)29-27-30(24(22)17-10-7-11-18(14-17)33-2)25(31)20(36-27)15-19-12-13-21(28)35-19/h4-15,24H,3H2,1-2H3/b20-15-. The summed E-state index contributed by atoms with van der Waals surface area (Å²) in [4.78, 5) is 32.5. The van der Waals surface area contributed by atoms with Crippen LogP contribution in [0, 0.1) is 0 Å². The van der Waals surface area contributed by atoms with Crippen LogP contribution in [0.4, 0.5) is 0 Å². The van der Waals surface area contributed by atoms with E-state index >= 15 is 0 Å². The largest absolute Gasteiger partial charge is 0.497 e. The number of carbonyl (C=O) groups is 1.